The molecule has 1 aromatic heterocycles. The van der Waals surface area contributed by atoms with E-state index in [-0.39, 0.29) is 5.91 Å². The summed E-state index contributed by atoms with van der Waals surface area (Å²) in [5.41, 5.74) is 3.94. The van der Waals surface area contributed by atoms with Gasteiger partial charge in [-0.2, -0.15) is 0 Å². The molecule has 0 fully saturated rings. The molecule has 6 nitrogen and oxygen atoms in total. The Balaban J connectivity index is 0.000000223. The summed E-state index contributed by atoms with van der Waals surface area (Å²) in [5, 5.41) is 5.83. The number of amides is 1. The van der Waals surface area contributed by atoms with Gasteiger partial charge in [-0.15, -0.1) is 11.3 Å². The topological polar surface area (TPSA) is 72.8 Å². The number of rotatable bonds is 7. The number of hydrogen-bond donors (Lipinski definition) is 1. The molecule has 3 aromatic rings. The van der Waals surface area contributed by atoms with E-state index in [1.807, 2.05) is 55.8 Å². The maximum absolute atomic E-state index is 12.5. The molecule has 0 saturated carbocycles. The van der Waals surface area contributed by atoms with Gasteiger partial charge < -0.3 is 9.47 Å². The molecule has 0 spiro atoms. The maximum atomic E-state index is 12.5. The first-order valence-electron chi connectivity index (χ1n) is 10.6. The fourth-order valence-electron chi connectivity index (χ4n) is 3.20. The van der Waals surface area contributed by atoms with Crippen molar-refractivity contribution in [2.45, 2.75) is 20.3 Å². The number of anilines is 1. The van der Waals surface area contributed by atoms with Crippen LogP contribution in [0.2, 0.25) is 5.02 Å². The highest BCUT2D eigenvalue weighted by Crippen LogP contribution is 2.36. The molecule has 1 aliphatic rings. The van der Waals surface area contributed by atoms with Crippen LogP contribution < -0.4 is 14.8 Å². The minimum atomic E-state index is -0.194. The molecule has 1 aliphatic heterocycles. The number of carbonyl (C=O) groups is 1. The van der Waals surface area contributed by atoms with Crippen LogP contribution >= 0.6 is 34.7 Å². The van der Waals surface area contributed by atoms with Crippen LogP contribution in [-0.4, -0.2) is 31.3 Å². The monoisotopic (exact) mass is 527 g/mol. The lowest BCUT2D eigenvalue weighted by Crippen LogP contribution is -2.13. The van der Waals surface area contributed by atoms with Gasteiger partial charge in [0.1, 0.15) is 0 Å². The molecule has 0 saturated heterocycles. The third-order valence-electron chi connectivity index (χ3n) is 4.86. The van der Waals surface area contributed by atoms with Gasteiger partial charge in [0.15, 0.2) is 16.6 Å². The zero-order valence-corrected chi connectivity index (χ0v) is 22.3. The second kappa shape index (κ2) is 12.6. The minimum absolute atomic E-state index is 0.194. The normalized spacial score (nSPS) is 12.1. The van der Waals surface area contributed by atoms with Crippen molar-refractivity contribution in [1.82, 2.24) is 4.98 Å². The Labute approximate surface area is 218 Å². The van der Waals surface area contributed by atoms with E-state index in [9.17, 15) is 4.79 Å². The van der Waals surface area contributed by atoms with Gasteiger partial charge in [0.05, 0.1) is 24.8 Å². The molecule has 0 bridgehead atoms. The van der Waals surface area contributed by atoms with E-state index in [1.165, 1.54) is 28.7 Å². The van der Waals surface area contributed by atoms with Gasteiger partial charge in [0.25, 0.3) is 5.91 Å². The van der Waals surface area contributed by atoms with Crippen LogP contribution in [0.1, 0.15) is 25.0 Å². The summed E-state index contributed by atoms with van der Waals surface area (Å²) in [6, 6.07) is 11.3. The van der Waals surface area contributed by atoms with Crippen LogP contribution in [0.3, 0.4) is 0 Å². The summed E-state index contributed by atoms with van der Waals surface area (Å²) in [4.78, 5) is 22.3. The lowest BCUT2D eigenvalue weighted by atomic mass is 10.1. The zero-order valence-electron chi connectivity index (χ0n) is 19.9. The highest BCUT2D eigenvalue weighted by atomic mass is 35.5. The molecular formula is C26H26ClN3O3S2. The van der Waals surface area contributed by atoms with Crippen molar-refractivity contribution in [3.05, 3.63) is 80.5 Å². The van der Waals surface area contributed by atoms with Crippen molar-refractivity contribution in [3.63, 3.8) is 0 Å². The van der Waals surface area contributed by atoms with Crippen LogP contribution in [0.15, 0.2) is 69.4 Å². The molecule has 4 rings (SSSR count). The number of aliphatic imine (C=N–C) groups is 1. The fraction of sp³-hybridized carbons (Fsp3) is 0.192. The van der Waals surface area contributed by atoms with E-state index in [0.717, 1.165) is 39.6 Å². The first kappa shape index (κ1) is 26.5. The highest BCUT2D eigenvalue weighted by Gasteiger charge is 2.17. The number of carbonyl (C=O) groups excluding carboxylic acids is 1. The standard InChI is InChI=1S/C16H15ClN2OS2.C10H11NO2/c1-10(2)22-14(15(20)19-16-18-7-8-21-16)11(3)12-5-4-6-13(17)9-12;1-12-9-5-7-3-4-11-8(7)6-10(9)13-2/h4-9H,1H2,2-3H3,(H,18,19,20);4-6H,3H2,1-2H3/b14-11+;. The smallest absolute Gasteiger partial charge is 0.264 e. The molecule has 1 N–H and O–H groups in total. The fourth-order valence-corrected chi connectivity index (χ4v) is 4.67. The number of hydrogen-bond acceptors (Lipinski definition) is 7. The van der Waals surface area contributed by atoms with E-state index in [2.05, 4.69) is 21.9 Å². The first-order valence-corrected chi connectivity index (χ1v) is 12.7. The third kappa shape index (κ3) is 7.21. The molecule has 2 aromatic carbocycles. The number of nitrogens with zero attached hydrogens (tertiary/aromatic N) is 2. The quantitative estimate of drug-likeness (QED) is 0.324. The molecule has 35 heavy (non-hydrogen) atoms. The van der Waals surface area contributed by atoms with Crippen molar-refractivity contribution in [3.8, 4) is 11.5 Å². The molecule has 0 unspecified atom stereocenters. The van der Waals surface area contributed by atoms with Gasteiger partial charge in [-0.25, -0.2) is 4.98 Å². The summed E-state index contributed by atoms with van der Waals surface area (Å²) in [7, 11) is 3.27. The Morgan fingerprint density at radius 1 is 1.17 bits per heavy atom. The Hall–Kier alpha value is -3.07. The highest BCUT2D eigenvalue weighted by molar-refractivity contribution is 8.07. The van der Waals surface area contributed by atoms with E-state index < -0.39 is 0 Å². The second-order valence-corrected chi connectivity index (χ2v) is 10.1. The lowest BCUT2D eigenvalue weighted by Gasteiger charge is -2.12. The van der Waals surface area contributed by atoms with Gasteiger partial charge in [0, 0.05) is 35.3 Å². The number of allylic oxidation sites excluding steroid dienone is 2. The average Bonchev–Trinajstić information content (AvgIpc) is 3.53. The Kier molecular flexibility index (Phi) is 9.54. The molecule has 1 amide bonds. The first-order chi connectivity index (χ1) is 16.8. The summed E-state index contributed by atoms with van der Waals surface area (Å²) >= 11 is 8.76. The summed E-state index contributed by atoms with van der Waals surface area (Å²) in [5.74, 6) is 1.31. The number of nitrogens with one attached hydrogen (secondary N) is 1. The molecule has 0 atom stereocenters. The van der Waals surface area contributed by atoms with E-state index in [4.69, 9.17) is 21.1 Å². The number of fused-ring (bicyclic) bond motifs is 1. The van der Waals surface area contributed by atoms with E-state index in [0.29, 0.717) is 15.1 Å². The molecular weight excluding hydrogens is 502 g/mol. The van der Waals surface area contributed by atoms with E-state index in [1.54, 1.807) is 26.5 Å². The van der Waals surface area contributed by atoms with Crippen molar-refractivity contribution in [2.75, 3.05) is 19.5 Å². The predicted octanol–water partition coefficient (Wildman–Crippen LogP) is 7.40. The number of halogens is 1. The summed E-state index contributed by atoms with van der Waals surface area (Å²) in [6.45, 7) is 7.65. The van der Waals surface area contributed by atoms with Crippen LogP contribution in [-0.2, 0) is 11.2 Å². The molecule has 0 aliphatic carbocycles. The maximum Gasteiger partial charge on any atom is 0.264 e. The number of methoxy groups -OCH3 is 2. The minimum Gasteiger partial charge on any atom is -0.493 e. The van der Waals surface area contributed by atoms with Gasteiger partial charge in [0.2, 0.25) is 0 Å². The molecule has 9 heteroatoms. The predicted molar refractivity (Wildman–Crippen MR) is 149 cm³/mol. The van der Waals surface area contributed by atoms with Crippen molar-refractivity contribution in [1.29, 1.82) is 0 Å². The molecule has 2 heterocycles. The van der Waals surface area contributed by atoms with Crippen molar-refractivity contribution >= 4 is 63.2 Å². The number of thiazole rings is 1. The third-order valence-corrected chi connectivity index (χ3v) is 6.83. The average molecular weight is 528 g/mol. The van der Waals surface area contributed by atoms with Gasteiger partial charge in [-0.05, 0) is 53.7 Å². The van der Waals surface area contributed by atoms with Crippen molar-refractivity contribution in [2.24, 2.45) is 4.99 Å². The Morgan fingerprint density at radius 3 is 2.54 bits per heavy atom. The van der Waals surface area contributed by atoms with Gasteiger partial charge >= 0.3 is 0 Å². The van der Waals surface area contributed by atoms with Gasteiger partial charge in [-0.1, -0.05) is 42.1 Å². The SMILES string of the molecule is C=C(C)S/C(C(=O)Nc1nccs1)=C(\C)c1cccc(Cl)c1.COc1cc2c(cc1OC)N=CC2. The molecule has 182 valence electrons. The van der Waals surface area contributed by atoms with E-state index >= 15 is 0 Å². The van der Waals surface area contributed by atoms with Crippen LogP contribution in [0.4, 0.5) is 10.8 Å². The van der Waals surface area contributed by atoms with Crippen molar-refractivity contribution < 1.29 is 14.3 Å². The largest absolute Gasteiger partial charge is 0.493 e. The van der Waals surface area contributed by atoms with Crippen LogP contribution in [0, 0.1) is 0 Å². The number of benzene rings is 2. The Morgan fingerprint density at radius 2 is 1.91 bits per heavy atom. The summed E-state index contributed by atoms with van der Waals surface area (Å²) in [6.07, 6.45) is 4.43. The number of ether oxygens (including phenoxy) is 2. The van der Waals surface area contributed by atoms with Crippen LogP contribution in [0.25, 0.3) is 5.57 Å². The Bertz CT molecular complexity index is 1270. The zero-order chi connectivity index (χ0) is 25.4. The summed E-state index contributed by atoms with van der Waals surface area (Å²) < 4.78 is 10.3. The molecule has 0 radical (unpaired) electrons. The number of aromatic nitrogens is 1. The van der Waals surface area contributed by atoms with Crippen LogP contribution in [0.5, 0.6) is 11.5 Å². The second-order valence-electron chi connectivity index (χ2n) is 7.41. The lowest BCUT2D eigenvalue weighted by molar-refractivity contribution is -0.112. The number of thioether (sulfide) groups is 1. The van der Waals surface area contributed by atoms with Gasteiger partial charge in [-0.3, -0.25) is 15.1 Å².